The number of hydrogen-bond donors (Lipinski definition) is 1. The Bertz CT molecular complexity index is 611. The second-order valence-electron chi connectivity index (χ2n) is 4.68. The van der Waals surface area contributed by atoms with Crippen LogP contribution in [0.2, 0.25) is 0 Å². The van der Waals surface area contributed by atoms with Crippen LogP contribution in [0.5, 0.6) is 5.75 Å². The minimum Gasteiger partial charge on any atom is -0.508 e. The Morgan fingerprint density at radius 1 is 1.32 bits per heavy atom. The largest absolute Gasteiger partial charge is 0.508 e. The number of fused-ring (bicyclic) bond motifs is 1. The molecule has 0 bridgehead atoms. The van der Waals surface area contributed by atoms with Crippen molar-refractivity contribution >= 4 is 5.91 Å². The van der Waals surface area contributed by atoms with Gasteiger partial charge in [0.2, 0.25) is 0 Å². The van der Waals surface area contributed by atoms with Crippen molar-refractivity contribution in [2.45, 2.75) is 13.0 Å². The zero-order valence-electron chi connectivity index (χ0n) is 10.4. The Morgan fingerprint density at radius 3 is 3.00 bits per heavy atom. The van der Waals surface area contributed by atoms with Crippen LogP contribution in [0.15, 0.2) is 42.7 Å². The van der Waals surface area contributed by atoms with Crippen LogP contribution >= 0.6 is 0 Å². The topological polar surface area (TPSA) is 53.4 Å². The number of carbonyl (C=O) groups excluding carboxylic acids is 1. The number of aromatic hydroxyl groups is 1. The van der Waals surface area contributed by atoms with Gasteiger partial charge in [-0.25, -0.2) is 0 Å². The molecule has 1 aromatic heterocycles. The highest BCUT2D eigenvalue weighted by Crippen LogP contribution is 2.24. The second-order valence-corrected chi connectivity index (χ2v) is 4.68. The number of hydrogen-bond acceptors (Lipinski definition) is 3. The van der Waals surface area contributed by atoms with Gasteiger partial charge in [-0.15, -0.1) is 0 Å². The third-order valence-electron chi connectivity index (χ3n) is 3.36. The SMILES string of the molecule is O=C1c2cc(O)ccc2CCN1Cc1cccnc1. The lowest BCUT2D eigenvalue weighted by Crippen LogP contribution is -2.36. The molecule has 3 rings (SSSR count). The van der Waals surface area contributed by atoms with Crippen LogP contribution in [0.4, 0.5) is 0 Å². The van der Waals surface area contributed by atoms with Gasteiger partial charge in [0.15, 0.2) is 0 Å². The number of rotatable bonds is 2. The molecule has 2 aromatic rings. The molecule has 0 saturated heterocycles. The first-order valence-corrected chi connectivity index (χ1v) is 6.24. The summed E-state index contributed by atoms with van der Waals surface area (Å²) < 4.78 is 0. The standard InChI is InChI=1S/C15H14N2O2/c18-13-4-3-12-5-7-17(15(19)14(12)8-13)10-11-2-1-6-16-9-11/h1-4,6,8-9,18H,5,7,10H2. The summed E-state index contributed by atoms with van der Waals surface area (Å²) in [7, 11) is 0. The van der Waals surface area contributed by atoms with Crippen molar-refractivity contribution < 1.29 is 9.90 Å². The van der Waals surface area contributed by atoms with Gasteiger partial charge in [0.05, 0.1) is 0 Å². The molecule has 0 radical (unpaired) electrons. The number of benzene rings is 1. The highest BCUT2D eigenvalue weighted by molar-refractivity contribution is 5.97. The van der Waals surface area contributed by atoms with Gasteiger partial charge < -0.3 is 10.0 Å². The van der Waals surface area contributed by atoms with Crippen LogP contribution in [-0.2, 0) is 13.0 Å². The zero-order valence-corrected chi connectivity index (χ0v) is 10.4. The Balaban J connectivity index is 1.85. The fraction of sp³-hybridized carbons (Fsp3) is 0.200. The molecule has 96 valence electrons. The van der Waals surface area contributed by atoms with Gasteiger partial charge in [-0.05, 0) is 35.7 Å². The number of phenolic OH excluding ortho intramolecular Hbond substituents is 1. The quantitative estimate of drug-likeness (QED) is 0.891. The molecule has 0 unspecified atom stereocenters. The van der Waals surface area contributed by atoms with Crippen molar-refractivity contribution in [3.8, 4) is 5.75 Å². The first-order chi connectivity index (χ1) is 9.24. The molecule has 4 nitrogen and oxygen atoms in total. The first kappa shape index (κ1) is 11.7. The summed E-state index contributed by atoms with van der Waals surface area (Å²) in [6.07, 6.45) is 4.31. The number of aromatic nitrogens is 1. The average molecular weight is 254 g/mol. The van der Waals surface area contributed by atoms with Crippen molar-refractivity contribution in [1.82, 2.24) is 9.88 Å². The molecule has 1 amide bonds. The van der Waals surface area contributed by atoms with Crippen LogP contribution in [0.1, 0.15) is 21.5 Å². The van der Waals surface area contributed by atoms with Crippen LogP contribution in [0.3, 0.4) is 0 Å². The minimum absolute atomic E-state index is 0.0268. The molecule has 4 heteroatoms. The molecule has 0 saturated carbocycles. The minimum atomic E-state index is -0.0268. The molecular formula is C15H14N2O2. The highest BCUT2D eigenvalue weighted by atomic mass is 16.3. The molecule has 1 aromatic carbocycles. The molecule has 19 heavy (non-hydrogen) atoms. The smallest absolute Gasteiger partial charge is 0.254 e. The predicted molar refractivity (Wildman–Crippen MR) is 70.8 cm³/mol. The molecular weight excluding hydrogens is 240 g/mol. The summed E-state index contributed by atoms with van der Waals surface area (Å²) >= 11 is 0. The fourth-order valence-electron chi connectivity index (χ4n) is 2.37. The van der Waals surface area contributed by atoms with Crippen LogP contribution < -0.4 is 0 Å². The van der Waals surface area contributed by atoms with Crippen LogP contribution in [0.25, 0.3) is 0 Å². The summed E-state index contributed by atoms with van der Waals surface area (Å²) in [6.45, 7) is 1.26. The Kier molecular flexibility index (Phi) is 2.91. The van der Waals surface area contributed by atoms with Gasteiger partial charge in [-0.2, -0.15) is 0 Å². The Morgan fingerprint density at radius 2 is 2.21 bits per heavy atom. The molecule has 1 aliphatic heterocycles. The number of carbonyl (C=O) groups is 1. The molecule has 0 spiro atoms. The number of phenols is 1. The molecule has 2 heterocycles. The molecule has 0 aliphatic carbocycles. The van der Waals surface area contributed by atoms with E-state index in [0.29, 0.717) is 18.7 Å². The normalized spacial score (nSPS) is 14.3. The average Bonchev–Trinajstić information content (AvgIpc) is 2.44. The fourth-order valence-corrected chi connectivity index (χ4v) is 2.37. The lowest BCUT2D eigenvalue weighted by molar-refractivity contribution is 0.0726. The monoisotopic (exact) mass is 254 g/mol. The van der Waals surface area contributed by atoms with Crippen molar-refractivity contribution in [3.05, 3.63) is 59.4 Å². The van der Waals surface area contributed by atoms with Crippen molar-refractivity contribution in [2.24, 2.45) is 0 Å². The summed E-state index contributed by atoms with van der Waals surface area (Å²) in [6, 6.07) is 8.82. The summed E-state index contributed by atoms with van der Waals surface area (Å²) in [5.41, 5.74) is 2.62. The highest BCUT2D eigenvalue weighted by Gasteiger charge is 2.24. The van der Waals surface area contributed by atoms with E-state index in [1.165, 1.54) is 0 Å². The van der Waals surface area contributed by atoms with Gasteiger partial charge in [-0.1, -0.05) is 12.1 Å². The molecule has 1 N–H and O–H groups in total. The van der Waals surface area contributed by atoms with E-state index in [9.17, 15) is 9.90 Å². The zero-order chi connectivity index (χ0) is 13.2. The van der Waals surface area contributed by atoms with E-state index in [0.717, 1.165) is 17.5 Å². The van der Waals surface area contributed by atoms with Crippen molar-refractivity contribution in [2.75, 3.05) is 6.54 Å². The van der Waals surface area contributed by atoms with Gasteiger partial charge in [0.1, 0.15) is 5.75 Å². The van der Waals surface area contributed by atoms with E-state index in [4.69, 9.17) is 0 Å². The molecule has 1 aliphatic rings. The summed E-state index contributed by atoms with van der Waals surface area (Å²) in [4.78, 5) is 18.2. The van der Waals surface area contributed by atoms with Gasteiger partial charge >= 0.3 is 0 Å². The van der Waals surface area contributed by atoms with E-state index >= 15 is 0 Å². The van der Waals surface area contributed by atoms with Gasteiger partial charge in [-0.3, -0.25) is 9.78 Å². The summed E-state index contributed by atoms with van der Waals surface area (Å²) in [5, 5.41) is 9.50. The van der Waals surface area contributed by atoms with Crippen LogP contribution in [0, 0.1) is 0 Å². The predicted octanol–water partition coefficient (Wildman–Crippen LogP) is 1.99. The van der Waals surface area contributed by atoms with Crippen LogP contribution in [-0.4, -0.2) is 27.4 Å². The third kappa shape index (κ3) is 2.29. The van der Waals surface area contributed by atoms with Crippen molar-refractivity contribution in [1.29, 1.82) is 0 Å². The first-order valence-electron chi connectivity index (χ1n) is 6.24. The second kappa shape index (κ2) is 4.72. The maximum atomic E-state index is 12.4. The Hall–Kier alpha value is -2.36. The van der Waals surface area contributed by atoms with E-state index in [1.807, 2.05) is 18.2 Å². The maximum Gasteiger partial charge on any atom is 0.254 e. The lowest BCUT2D eigenvalue weighted by Gasteiger charge is -2.28. The summed E-state index contributed by atoms with van der Waals surface area (Å²) in [5.74, 6) is 0.108. The molecule has 0 atom stereocenters. The number of nitrogens with zero attached hydrogens (tertiary/aromatic N) is 2. The number of pyridine rings is 1. The van der Waals surface area contributed by atoms with E-state index in [2.05, 4.69) is 4.98 Å². The van der Waals surface area contributed by atoms with E-state index in [1.54, 1.807) is 29.4 Å². The maximum absolute atomic E-state index is 12.4. The van der Waals surface area contributed by atoms with E-state index in [-0.39, 0.29) is 11.7 Å². The number of amides is 1. The van der Waals surface area contributed by atoms with Crippen molar-refractivity contribution in [3.63, 3.8) is 0 Å². The Labute approximate surface area is 111 Å². The molecule has 0 fully saturated rings. The van der Waals surface area contributed by atoms with Gasteiger partial charge in [0, 0.05) is 31.0 Å². The van der Waals surface area contributed by atoms with Gasteiger partial charge in [0.25, 0.3) is 5.91 Å². The third-order valence-corrected chi connectivity index (χ3v) is 3.36. The lowest BCUT2D eigenvalue weighted by atomic mass is 9.98. The van der Waals surface area contributed by atoms with E-state index < -0.39 is 0 Å².